The van der Waals surface area contributed by atoms with E-state index < -0.39 is 0 Å². The molecule has 10 heteroatoms. The van der Waals surface area contributed by atoms with Crippen LogP contribution in [0.3, 0.4) is 0 Å². The lowest BCUT2D eigenvalue weighted by atomic mass is 10.1. The fourth-order valence-corrected chi connectivity index (χ4v) is 5.13. The molecule has 10 nitrogen and oxygen atoms in total. The molecule has 42 heavy (non-hydrogen) atoms. The van der Waals surface area contributed by atoms with E-state index >= 15 is 0 Å². The minimum absolute atomic E-state index is 0.0675. The highest BCUT2D eigenvalue weighted by Gasteiger charge is 2.16. The van der Waals surface area contributed by atoms with Gasteiger partial charge in [-0.05, 0) is 62.7 Å². The summed E-state index contributed by atoms with van der Waals surface area (Å²) in [4.78, 5) is 35.3. The summed E-state index contributed by atoms with van der Waals surface area (Å²) in [6.45, 7) is 6.13. The van der Waals surface area contributed by atoms with Crippen molar-refractivity contribution < 1.29 is 9.59 Å². The van der Waals surface area contributed by atoms with Crippen molar-refractivity contribution in [3.8, 4) is 16.8 Å². The molecule has 1 saturated heterocycles. The molecule has 3 heterocycles. The molecule has 2 amide bonds. The molecule has 2 N–H and O–H groups in total. The lowest BCUT2D eigenvalue weighted by Gasteiger charge is -2.32. The third-order valence-corrected chi connectivity index (χ3v) is 7.58. The third-order valence-electron chi connectivity index (χ3n) is 7.58. The summed E-state index contributed by atoms with van der Waals surface area (Å²) in [5.41, 5.74) is 4.11. The van der Waals surface area contributed by atoms with Crippen molar-refractivity contribution in [3.05, 3.63) is 84.4 Å². The maximum Gasteiger partial charge on any atom is 0.258 e. The van der Waals surface area contributed by atoms with E-state index in [0.29, 0.717) is 37.3 Å². The normalized spacial score (nSPS) is 14.1. The molecule has 0 atom stereocenters. The number of piperazine rings is 1. The molecule has 0 spiro atoms. The van der Waals surface area contributed by atoms with Gasteiger partial charge in [-0.1, -0.05) is 30.3 Å². The van der Waals surface area contributed by atoms with Crippen LogP contribution in [0.4, 0.5) is 5.95 Å². The number of rotatable bonds is 12. The van der Waals surface area contributed by atoms with Crippen LogP contribution in [0.1, 0.15) is 35.3 Å². The first-order valence-corrected chi connectivity index (χ1v) is 14.7. The average molecular weight is 569 g/mol. The molecular formula is C32H40N8O2. The van der Waals surface area contributed by atoms with Crippen molar-refractivity contribution in [2.45, 2.75) is 25.7 Å². The molecule has 220 valence electrons. The Balaban J connectivity index is 1.16. The fraction of sp³-hybridized carbons (Fsp3) is 0.375. The molecule has 0 unspecified atom stereocenters. The van der Waals surface area contributed by atoms with E-state index in [1.807, 2.05) is 72.5 Å². The number of hydrogen-bond acceptors (Lipinski definition) is 6. The zero-order valence-corrected chi connectivity index (χ0v) is 24.5. The van der Waals surface area contributed by atoms with Crippen molar-refractivity contribution in [1.29, 1.82) is 0 Å². The van der Waals surface area contributed by atoms with Crippen LogP contribution in [0, 0.1) is 0 Å². The number of aromatic nitrogens is 4. The summed E-state index contributed by atoms with van der Waals surface area (Å²) >= 11 is 0. The molecule has 0 aliphatic carbocycles. The number of likely N-dealkylation sites (N-methyl/N-ethyl adjacent to an activating group) is 1. The number of benzene rings is 2. The van der Waals surface area contributed by atoms with Crippen molar-refractivity contribution in [1.82, 2.24) is 34.4 Å². The van der Waals surface area contributed by atoms with Crippen LogP contribution in [0.25, 0.3) is 16.8 Å². The van der Waals surface area contributed by atoms with Gasteiger partial charge in [-0.15, -0.1) is 0 Å². The predicted octanol–water partition coefficient (Wildman–Crippen LogP) is 3.60. The van der Waals surface area contributed by atoms with Crippen molar-refractivity contribution >= 4 is 17.8 Å². The lowest BCUT2D eigenvalue weighted by Crippen LogP contribution is -2.45. The summed E-state index contributed by atoms with van der Waals surface area (Å²) in [7, 11) is 4.02. The molecule has 0 bridgehead atoms. The van der Waals surface area contributed by atoms with Crippen LogP contribution in [0.15, 0.2) is 73.2 Å². The standard InChI is InChI=1S/C32H40N8O2/c1-37-17-19-39(20-18-37)16-8-15-33-30(41)14-7-11-28-24-40(29-12-4-3-5-13-29)32(35-28)36-31(42)26-10-6-9-25(21-26)27-22-34-38(2)23-27/h3-6,9-10,12-13,21-24H,7-8,11,14-20H2,1-2H3,(H,33,41)(H,35,36,42). The van der Waals surface area contributed by atoms with Crippen LogP contribution < -0.4 is 10.6 Å². The van der Waals surface area contributed by atoms with Gasteiger partial charge in [0, 0.05) is 75.4 Å². The largest absolute Gasteiger partial charge is 0.356 e. The minimum Gasteiger partial charge on any atom is -0.356 e. The van der Waals surface area contributed by atoms with Gasteiger partial charge >= 0.3 is 0 Å². The van der Waals surface area contributed by atoms with Gasteiger partial charge in [0.2, 0.25) is 11.9 Å². The highest BCUT2D eigenvalue weighted by molar-refractivity contribution is 6.04. The zero-order valence-electron chi connectivity index (χ0n) is 24.5. The van der Waals surface area contributed by atoms with E-state index in [2.05, 4.69) is 32.6 Å². The van der Waals surface area contributed by atoms with Crippen molar-refractivity contribution in [2.24, 2.45) is 7.05 Å². The number of aryl methyl sites for hydroxylation is 2. The SMILES string of the molecule is CN1CCN(CCCNC(=O)CCCc2cn(-c3ccccc3)c(NC(=O)c3cccc(-c4cnn(C)c4)c3)n2)CC1. The number of anilines is 1. The van der Waals surface area contributed by atoms with Gasteiger partial charge in [-0.3, -0.25) is 24.2 Å². The Kier molecular flexibility index (Phi) is 9.78. The number of carbonyl (C=O) groups excluding carboxylic acids is 2. The second kappa shape index (κ2) is 14.1. The number of nitrogens with one attached hydrogen (secondary N) is 2. The zero-order chi connectivity index (χ0) is 29.3. The average Bonchev–Trinajstić information content (AvgIpc) is 3.62. The van der Waals surface area contributed by atoms with Crippen LogP contribution >= 0.6 is 0 Å². The molecule has 1 aliphatic heterocycles. The van der Waals surface area contributed by atoms with E-state index in [1.54, 1.807) is 16.9 Å². The first kappa shape index (κ1) is 29.2. The monoisotopic (exact) mass is 568 g/mol. The van der Waals surface area contributed by atoms with E-state index in [4.69, 9.17) is 4.98 Å². The Morgan fingerprint density at radius 1 is 0.905 bits per heavy atom. The second-order valence-electron chi connectivity index (χ2n) is 10.9. The molecule has 2 aromatic heterocycles. The van der Waals surface area contributed by atoms with Crippen LogP contribution in [-0.4, -0.2) is 87.3 Å². The van der Waals surface area contributed by atoms with Gasteiger partial charge < -0.3 is 15.1 Å². The maximum absolute atomic E-state index is 13.3. The van der Waals surface area contributed by atoms with Gasteiger partial charge in [0.25, 0.3) is 5.91 Å². The molecule has 4 aromatic rings. The van der Waals surface area contributed by atoms with E-state index in [0.717, 1.165) is 61.7 Å². The fourth-order valence-electron chi connectivity index (χ4n) is 5.13. The van der Waals surface area contributed by atoms with Crippen LogP contribution in [0.2, 0.25) is 0 Å². The highest BCUT2D eigenvalue weighted by atomic mass is 16.2. The number of amides is 2. The van der Waals surface area contributed by atoms with Crippen molar-refractivity contribution in [3.63, 3.8) is 0 Å². The first-order chi connectivity index (χ1) is 20.4. The van der Waals surface area contributed by atoms with Gasteiger partial charge in [0.1, 0.15) is 0 Å². The van der Waals surface area contributed by atoms with E-state index in [1.165, 1.54) is 0 Å². The summed E-state index contributed by atoms with van der Waals surface area (Å²) < 4.78 is 3.62. The lowest BCUT2D eigenvalue weighted by molar-refractivity contribution is -0.121. The summed E-state index contributed by atoms with van der Waals surface area (Å²) in [5.74, 6) is 0.269. The second-order valence-corrected chi connectivity index (χ2v) is 10.9. The van der Waals surface area contributed by atoms with Crippen molar-refractivity contribution in [2.75, 3.05) is 51.6 Å². The molecule has 2 aromatic carbocycles. The topological polar surface area (TPSA) is 100 Å². The highest BCUT2D eigenvalue weighted by Crippen LogP contribution is 2.22. The Bertz CT molecular complexity index is 1470. The Morgan fingerprint density at radius 3 is 2.48 bits per heavy atom. The molecule has 1 fully saturated rings. The number of carbonyl (C=O) groups is 2. The van der Waals surface area contributed by atoms with Gasteiger partial charge in [0.15, 0.2) is 0 Å². The Hall–Kier alpha value is -4.28. The summed E-state index contributed by atoms with van der Waals surface area (Å²) in [6, 6.07) is 17.3. The van der Waals surface area contributed by atoms with Crippen LogP contribution in [0.5, 0.6) is 0 Å². The molecular weight excluding hydrogens is 528 g/mol. The third kappa shape index (κ3) is 7.92. The first-order valence-electron chi connectivity index (χ1n) is 14.7. The van der Waals surface area contributed by atoms with E-state index in [9.17, 15) is 9.59 Å². The number of para-hydroxylation sites is 1. The summed E-state index contributed by atoms with van der Waals surface area (Å²) in [5, 5.41) is 10.3. The maximum atomic E-state index is 13.3. The number of imidazole rings is 1. The van der Waals surface area contributed by atoms with Gasteiger partial charge in [-0.2, -0.15) is 5.10 Å². The molecule has 5 rings (SSSR count). The van der Waals surface area contributed by atoms with Gasteiger partial charge in [0.05, 0.1) is 11.9 Å². The quantitative estimate of drug-likeness (QED) is 0.254. The summed E-state index contributed by atoms with van der Waals surface area (Å²) in [6.07, 6.45) is 8.34. The number of nitrogens with zero attached hydrogens (tertiary/aromatic N) is 6. The minimum atomic E-state index is -0.244. The Morgan fingerprint density at radius 2 is 1.71 bits per heavy atom. The molecule has 0 saturated carbocycles. The molecule has 1 aliphatic rings. The Labute approximate surface area is 247 Å². The smallest absolute Gasteiger partial charge is 0.258 e. The van der Waals surface area contributed by atoms with E-state index in [-0.39, 0.29) is 11.8 Å². The number of hydrogen-bond donors (Lipinski definition) is 2. The van der Waals surface area contributed by atoms with Crippen LogP contribution in [-0.2, 0) is 18.3 Å². The predicted molar refractivity (Wildman–Crippen MR) is 165 cm³/mol. The van der Waals surface area contributed by atoms with Gasteiger partial charge in [-0.25, -0.2) is 4.98 Å². The molecule has 0 radical (unpaired) electrons.